The van der Waals surface area contributed by atoms with Crippen LogP contribution in [-0.4, -0.2) is 7.11 Å². The SMILES string of the molecule is COc1c(C)cccc1C(C)(N)C1CC1. The molecule has 0 aliphatic heterocycles. The lowest BCUT2D eigenvalue weighted by molar-refractivity contribution is 0.366. The van der Waals surface area contributed by atoms with E-state index in [1.165, 1.54) is 12.8 Å². The summed E-state index contributed by atoms with van der Waals surface area (Å²) in [6, 6.07) is 6.20. The van der Waals surface area contributed by atoms with Crippen LogP contribution in [0.5, 0.6) is 5.75 Å². The summed E-state index contributed by atoms with van der Waals surface area (Å²) >= 11 is 0. The average molecular weight is 205 g/mol. The van der Waals surface area contributed by atoms with Gasteiger partial charge in [0.25, 0.3) is 0 Å². The maximum Gasteiger partial charge on any atom is 0.126 e. The first-order chi connectivity index (χ1) is 7.07. The topological polar surface area (TPSA) is 35.2 Å². The molecule has 0 heterocycles. The molecule has 15 heavy (non-hydrogen) atoms. The van der Waals surface area contributed by atoms with E-state index >= 15 is 0 Å². The van der Waals surface area contributed by atoms with Crippen molar-refractivity contribution in [3.63, 3.8) is 0 Å². The number of nitrogens with two attached hydrogens (primary N) is 1. The van der Waals surface area contributed by atoms with Crippen molar-refractivity contribution < 1.29 is 4.74 Å². The molecule has 1 unspecified atom stereocenters. The van der Waals surface area contributed by atoms with Crippen LogP contribution in [-0.2, 0) is 5.54 Å². The summed E-state index contributed by atoms with van der Waals surface area (Å²) in [6.45, 7) is 4.17. The summed E-state index contributed by atoms with van der Waals surface area (Å²) in [4.78, 5) is 0. The summed E-state index contributed by atoms with van der Waals surface area (Å²) in [5.74, 6) is 1.57. The smallest absolute Gasteiger partial charge is 0.126 e. The zero-order valence-electron chi connectivity index (χ0n) is 9.71. The molecule has 0 bridgehead atoms. The van der Waals surface area contributed by atoms with Gasteiger partial charge in [0.2, 0.25) is 0 Å². The molecule has 1 fully saturated rings. The van der Waals surface area contributed by atoms with Crippen molar-refractivity contribution in [2.75, 3.05) is 7.11 Å². The molecule has 0 amide bonds. The van der Waals surface area contributed by atoms with Gasteiger partial charge in [0, 0.05) is 11.1 Å². The third kappa shape index (κ3) is 1.74. The Morgan fingerprint density at radius 2 is 2.07 bits per heavy atom. The van der Waals surface area contributed by atoms with Gasteiger partial charge in [-0.3, -0.25) is 0 Å². The van der Waals surface area contributed by atoms with E-state index in [1.807, 2.05) is 0 Å². The fourth-order valence-corrected chi connectivity index (χ4v) is 2.25. The molecule has 0 radical (unpaired) electrons. The summed E-state index contributed by atoms with van der Waals surface area (Å²) < 4.78 is 5.46. The van der Waals surface area contributed by atoms with Crippen LogP contribution >= 0.6 is 0 Å². The molecule has 82 valence electrons. The van der Waals surface area contributed by atoms with Crippen LogP contribution in [0.1, 0.15) is 30.9 Å². The van der Waals surface area contributed by atoms with E-state index in [9.17, 15) is 0 Å². The Bertz CT molecular complexity index is 367. The standard InChI is InChI=1S/C13H19NO/c1-9-5-4-6-11(12(9)15-3)13(2,14)10-7-8-10/h4-6,10H,7-8,14H2,1-3H3. The highest BCUT2D eigenvalue weighted by molar-refractivity contribution is 5.45. The monoisotopic (exact) mass is 205 g/mol. The zero-order valence-corrected chi connectivity index (χ0v) is 9.71. The van der Waals surface area contributed by atoms with Gasteiger partial charge in [0.15, 0.2) is 0 Å². The number of methoxy groups -OCH3 is 1. The van der Waals surface area contributed by atoms with Crippen LogP contribution in [0.4, 0.5) is 0 Å². The van der Waals surface area contributed by atoms with E-state index in [0.717, 1.165) is 16.9 Å². The summed E-state index contributed by atoms with van der Waals surface area (Å²) in [5, 5.41) is 0. The molecule has 1 aromatic carbocycles. The Morgan fingerprint density at radius 1 is 1.40 bits per heavy atom. The van der Waals surface area contributed by atoms with Crippen molar-refractivity contribution in [1.29, 1.82) is 0 Å². The highest BCUT2D eigenvalue weighted by Gasteiger charge is 2.41. The van der Waals surface area contributed by atoms with E-state index in [1.54, 1.807) is 7.11 Å². The van der Waals surface area contributed by atoms with Crippen LogP contribution in [0.15, 0.2) is 18.2 Å². The van der Waals surface area contributed by atoms with Crippen molar-refractivity contribution in [2.45, 2.75) is 32.2 Å². The Kier molecular flexibility index (Phi) is 2.47. The molecule has 0 aromatic heterocycles. The molecule has 2 nitrogen and oxygen atoms in total. The quantitative estimate of drug-likeness (QED) is 0.823. The first-order valence-electron chi connectivity index (χ1n) is 5.50. The van der Waals surface area contributed by atoms with Gasteiger partial charge in [-0.05, 0) is 38.2 Å². The lowest BCUT2D eigenvalue weighted by Crippen LogP contribution is -2.35. The largest absolute Gasteiger partial charge is 0.496 e. The third-order valence-corrected chi connectivity index (χ3v) is 3.42. The molecule has 2 rings (SSSR count). The second kappa shape index (κ2) is 3.53. The zero-order chi connectivity index (χ0) is 11.1. The Balaban J connectivity index is 2.46. The van der Waals surface area contributed by atoms with Crippen LogP contribution in [0, 0.1) is 12.8 Å². The Labute approximate surface area is 91.4 Å². The minimum Gasteiger partial charge on any atom is -0.496 e. The summed E-state index contributed by atoms with van der Waals surface area (Å²) in [7, 11) is 1.72. The first-order valence-corrected chi connectivity index (χ1v) is 5.50. The molecule has 1 atom stereocenters. The first kappa shape index (κ1) is 10.5. The van der Waals surface area contributed by atoms with E-state index in [-0.39, 0.29) is 5.54 Å². The second-order valence-electron chi connectivity index (χ2n) is 4.71. The third-order valence-electron chi connectivity index (χ3n) is 3.42. The van der Waals surface area contributed by atoms with Gasteiger partial charge in [-0.1, -0.05) is 18.2 Å². The molecule has 0 saturated heterocycles. The summed E-state index contributed by atoms with van der Waals surface area (Å²) in [5.41, 5.74) is 8.48. The highest BCUT2D eigenvalue weighted by atomic mass is 16.5. The predicted molar refractivity (Wildman–Crippen MR) is 62.0 cm³/mol. The predicted octanol–water partition coefficient (Wildman–Crippen LogP) is 2.59. The number of benzene rings is 1. The van der Waals surface area contributed by atoms with Gasteiger partial charge < -0.3 is 10.5 Å². The number of hydrogen-bond acceptors (Lipinski definition) is 2. The minimum absolute atomic E-state index is 0.239. The normalized spacial score (nSPS) is 19.7. The van der Waals surface area contributed by atoms with Gasteiger partial charge in [-0.2, -0.15) is 0 Å². The maximum atomic E-state index is 6.41. The van der Waals surface area contributed by atoms with E-state index in [0.29, 0.717) is 5.92 Å². The molecule has 1 aliphatic carbocycles. The average Bonchev–Trinajstić information content (AvgIpc) is 3.00. The van der Waals surface area contributed by atoms with Crippen molar-refractivity contribution in [3.8, 4) is 5.75 Å². The fraction of sp³-hybridized carbons (Fsp3) is 0.538. The molecule has 2 heteroatoms. The van der Waals surface area contributed by atoms with Gasteiger partial charge in [0.1, 0.15) is 5.75 Å². The summed E-state index contributed by atoms with van der Waals surface area (Å²) in [6.07, 6.45) is 2.48. The van der Waals surface area contributed by atoms with Gasteiger partial charge in [-0.25, -0.2) is 0 Å². The van der Waals surface area contributed by atoms with Crippen molar-refractivity contribution >= 4 is 0 Å². The maximum absolute atomic E-state index is 6.41. The van der Waals surface area contributed by atoms with Crippen LogP contribution in [0.2, 0.25) is 0 Å². The molecular weight excluding hydrogens is 186 g/mol. The van der Waals surface area contributed by atoms with E-state index in [2.05, 4.69) is 32.0 Å². The van der Waals surface area contributed by atoms with Gasteiger partial charge in [-0.15, -0.1) is 0 Å². The molecular formula is C13H19NO. The number of para-hydroxylation sites is 1. The van der Waals surface area contributed by atoms with E-state index < -0.39 is 0 Å². The number of aryl methyl sites for hydroxylation is 1. The molecule has 2 N–H and O–H groups in total. The fourth-order valence-electron chi connectivity index (χ4n) is 2.25. The number of ether oxygens (including phenoxy) is 1. The number of hydrogen-bond donors (Lipinski definition) is 1. The highest BCUT2D eigenvalue weighted by Crippen LogP contribution is 2.46. The van der Waals surface area contributed by atoms with Crippen LogP contribution in [0.25, 0.3) is 0 Å². The van der Waals surface area contributed by atoms with Crippen LogP contribution < -0.4 is 10.5 Å². The second-order valence-corrected chi connectivity index (χ2v) is 4.71. The minimum atomic E-state index is -0.239. The lowest BCUT2D eigenvalue weighted by atomic mass is 9.86. The van der Waals surface area contributed by atoms with Gasteiger partial charge in [0.05, 0.1) is 7.11 Å². The molecule has 0 spiro atoms. The van der Waals surface area contributed by atoms with Crippen molar-refractivity contribution in [1.82, 2.24) is 0 Å². The van der Waals surface area contributed by atoms with Crippen molar-refractivity contribution in [2.24, 2.45) is 11.7 Å². The molecule has 1 aliphatic rings. The van der Waals surface area contributed by atoms with E-state index in [4.69, 9.17) is 10.5 Å². The van der Waals surface area contributed by atoms with Crippen LogP contribution in [0.3, 0.4) is 0 Å². The molecule has 1 aromatic rings. The number of rotatable bonds is 3. The van der Waals surface area contributed by atoms with Crippen molar-refractivity contribution in [3.05, 3.63) is 29.3 Å². The molecule has 1 saturated carbocycles. The Hall–Kier alpha value is -1.02. The van der Waals surface area contributed by atoms with Gasteiger partial charge >= 0.3 is 0 Å². The Morgan fingerprint density at radius 3 is 2.60 bits per heavy atom. The lowest BCUT2D eigenvalue weighted by Gasteiger charge is -2.27.